The molecule has 2 aromatic carbocycles. The zero-order valence-corrected chi connectivity index (χ0v) is 12.8. The van der Waals surface area contributed by atoms with Crippen LogP contribution in [0, 0.1) is 13.8 Å². The van der Waals surface area contributed by atoms with Gasteiger partial charge in [0.2, 0.25) is 0 Å². The molecule has 0 aromatic heterocycles. The minimum Gasteiger partial charge on any atom is -0.381 e. The average molecular weight is 325 g/mol. The minimum absolute atomic E-state index is 0.747. The van der Waals surface area contributed by atoms with E-state index in [1.165, 1.54) is 22.4 Å². The third kappa shape index (κ3) is 3.27. The summed E-state index contributed by atoms with van der Waals surface area (Å²) < 4.78 is 1.03. The van der Waals surface area contributed by atoms with Gasteiger partial charge in [0.05, 0.1) is 0 Å². The van der Waals surface area contributed by atoms with Crippen molar-refractivity contribution < 1.29 is 0 Å². The average Bonchev–Trinajstić information content (AvgIpc) is 2.30. The van der Waals surface area contributed by atoms with Crippen LogP contribution >= 0.6 is 27.5 Å². The molecule has 18 heavy (non-hydrogen) atoms. The standard InChI is InChI=1S/C15H15BrClN/c1-10-3-6-15(11(2)7-10)18-9-12-4-5-13(17)8-14(12)16/h3-8,18H,9H2,1-2H3. The Labute approximate surface area is 121 Å². The third-order valence-corrected chi connectivity index (χ3v) is 3.84. The van der Waals surface area contributed by atoms with Crippen LogP contribution in [0.1, 0.15) is 16.7 Å². The summed E-state index contributed by atoms with van der Waals surface area (Å²) in [5, 5.41) is 4.19. The molecule has 0 saturated carbocycles. The number of halogens is 2. The second-order valence-electron chi connectivity index (χ2n) is 4.41. The van der Waals surface area contributed by atoms with Crippen molar-refractivity contribution in [1.29, 1.82) is 0 Å². The fourth-order valence-corrected chi connectivity index (χ4v) is 2.69. The Bertz CT molecular complexity index is 515. The van der Waals surface area contributed by atoms with E-state index in [9.17, 15) is 0 Å². The highest BCUT2D eigenvalue weighted by atomic mass is 79.9. The highest BCUT2D eigenvalue weighted by molar-refractivity contribution is 9.10. The fraction of sp³-hybridized carbons (Fsp3) is 0.200. The molecule has 1 N–H and O–H groups in total. The molecule has 0 saturated heterocycles. The van der Waals surface area contributed by atoms with E-state index in [-0.39, 0.29) is 0 Å². The highest BCUT2D eigenvalue weighted by Crippen LogP contribution is 2.23. The van der Waals surface area contributed by atoms with Crippen molar-refractivity contribution in [3.05, 3.63) is 62.6 Å². The number of hydrogen-bond acceptors (Lipinski definition) is 1. The third-order valence-electron chi connectivity index (χ3n) is 2.87. The van der Waals surface area contributed by atoms with Crippen LogP contribution in [0.25, 0.3) is 0 Å². The smallest absolute Gasteiger partial charge is 0.0417 e. The van der Waals surface area contributed by atoms with Crippen molar-refractivity contribution in [2.75, 3.05) is 5.32 Å². The molecule has 1 nitrogen and oxygen atoms in total. The number of aryl methyl sites for hydroxylation is 2. The van der Waals surface area contributed by atoms with Crippen LogP contribution in [0.3, 0.4) is 0 Å². The van der Waals surface area contributed by atoms with Gasteiger partial charge in [-0.15, -0.1) is 0 Å². The zero-order valence-electron chi connectivity index (χ0n) is 10.4. The molecule has 94 valence electrons. The summed E-state index contributed by atoms with van der Waals surface area (Å²) in [7, 11) is 0. The number of benzene rings is 2. The summed E-state index contributed by atoms with van der Waals surface area (Å²) in [6.07, 6.45) is 0. The maximum Gasteiger partial charge on any atom is 0.0417 e. The molecule has 2 rings (SSSR count). The van der Waals surface area contributed by atoms with E-state index in [2.05, 4.69) is 53.3 Å². The van der Waals surface area contributed by atoms with Gasteiger partial charge in [-0.25, -0.2) is 0 Å². The maximum absolute atomic E-state index is 5.93. The van der Waals surface area contributed by atoms with Gasteiger partial charge >= 0.3 is 0 Å². The summed E-state index contributed by atoms with van der Waals surface area (Å²) in [5.74, 6) is 0. The fourth-order valence-electron chi connectivity index (χ4n) is 1.87. The van der Waals surface area contributed by atoms with Gasteiger partial charge in [0, 0.05) is 21.7 Å². The van der Waals surface area contributed by atoms with Crippen molar-refractivity contribution in [3.8, 4) is 0 Å². The molecule has 0 aliphatic heterocycles. The number of nitrogens with one attached hydrogen (secondary N) is 1. The molecular formula is C15H15BrClN. The Balaban J connectivity index is 2.11. The Morgan fingerprint density at radius 3 is 2.56 bits per heavy atom. The Morgan fingerprint density at radius 2 is 1.89 bits per heavy atom. The predicted octanol–water partition coefficient (Wildman–Crippen LogP) is 5.33. The van der Waals surface area contributed by atoms with Crippen molar-refractivity contribution >= 4 is 33.2 Å². The molecule has 0 aliphatic carbocycles. The Kier molecular flexibility index (Phi) is 4.31. The SMILES string of the molecule is Cc1ccc(NCc2ccc(Cl)cc2Br)c(C)c1. The van der Waals surface area contributed by atoms with Gasteiger partial charge in [-0.1, -0.05) is 51.3 Å². The van der Waals surface area contributed by atoms with Crippen LogP contribution in [0.15, 0.2) is 40.9 Å². The van der Waals surface area contributed by atoms with E-state index >= 15 is 0 Å². The molecule has 0 atom stereocenters. The molecule has 0 unspecified atom stereocenters. The lowest BCUT2D eigenvalue weighted by Crippen LogP contribution is -2.01. The van der Waals surface area contributed by atoms with Gasteiger partial charge in [0.25, 0.3) is 0 Å². The van der Waals surface area contributed by atoms with Gasteiger partial charge in [-0.05, 0) is 43.2 Å². The molecule has 3 heteroatoms. The first-order chi connectivity index (χ1) is 8.56. The van der Waals surface area contributed by atoms with Crippen LogP contribution in [0.5, 0.6) is 0 Å². The van der Waals surface area contributed by atoms with Gasteiger partial charge in [-0.2, -0.15) is 0 Å². The van der Waals surface area contributed by atoms with Crippen LogP contribution in [-0.4, -0.2) is 0 Å². The lowest BCUT2D eigenvalue weighted by Gasteiger charge is -2.11. The normalized spacial score (nSPS) is 10.4. The largest absolute Gasteiger partial charge is 0.381 e. The highest BCUT2D eigenvalue weighted by Gasteiger charge is 2.02. The second-order valence-corrected chi connectivity index (χ2v) is 5.70. The first kappa shape index (κ1) is 13.4. The number of anilines is 1. The first-order valence-electron chi connectivity index (χ1n) is 5.81. The van der Waals surface area contributed by atoms with Crippen molar-refractivity contribution in [1.82, 2.24) is 0 Å². The number of rotatable bonds is 3. The van der Waals surface area contributed by atoms with E-state index in [1.807, 2.05) is 18.2 Å². The van der Waals surface area contributed by atoms with E-state index in [0.29, 0.717) is 0 Å². The lowest BCUT2D eigenvalue weighted by molar-refractivity contribution is 1.13. The molecule has 0 heterocycles. The van der Waals surface area contributed by atoms with E-state index in [1.54, 1.807) is 0 Å². The molecule has 0 amide bonds. The predicted molar refractivity (Wildman–Crippen MR) is 82.4 cm³/mol. The van der Waals surface area contributed by atoms with Gasteiger partial charge in [0.1, 0.15) is 0 Å². The molecule has 0 radical (unpaired) electrons. The van der Waals surface area contributed by atoms with Gasteiger partial charge < -0.3 is 5.32 Å². The van der Waals surface area contributed by atoms with Crippen LogP contribution in [0.4, 0.5) is 5.69 Å². The zero-order chi connectivity index (χ0) is 13.1. The van der Waals surface area contributed by atoms with E-state index < -0.39 is 0 Å². The first-order valence-corrected chi connectivity index (χ1v) is 6.98. The summed E-state index contributed by atoms with van der Waals surface area (Å²) in [4.78, 5) is 0. The molecule has 0 aliphatic rings. The molecule has 0 spiro atoms. The van der Waals surface area contributed by atoms with Gasteiger partial charge in [0.15, 0.2) is 0 Å². The minimum atomic E-state index is 0.747. The van der Waals surface area contributed by atoms with E-state index in [4.69, 9.17) is 11.6 Å². The topological polar surface area (TPSA) is 12.0 Å². The summed E-state index contributed by atoms with van der Waals surface area (Å²) in [6.45, 7) is 5.00. The van der Waals surface area contributed by atoms with Crippen molar-refractivity contribution in [2.24, 2.45) is 0 Å². The van der Waals surface area contributed by atoms with Crippen LogP contribution in [0.2, 0.25) is 5.02 Å². The summed E-state index contributed by atoms with van der Waals surface area (Å²) in [6, 6.07) is 12.3. The van der Waals surface area contributed by atoms with Crippen molar-refractivity contribution in [2.45, 2.75) is 20.4 Å². The molecule has 0 bridgehead atoms. The second kappa shape index (κ2) is 5.77. The quantitative estimate of drug-likeness (QED) is 0.804. The maximum atomic E-state index is 5.93. The monoisotopic (exact) mass is 323 g/mol. The summed E-state index contributed by atoms with van der Waals surface area (Å²) >= 11 is 9.45. The van der Waals surface area contributed by atoms with E-state index in [0.717, 1.165) is 16.0 Å². The molecule has 0 fully saturated rings. The van der Waals surface area contributed by atoms with Crippen LogP contribution in [-0.2, 0) is 6.54 Å². The van der Waals surface area contributed by atoms with Crippen LogP contribution < -0.4 is 5.32 Å². The van der Waals surface area contributed by atoms with Gasteiger partial charge in [-0.3, -0.25) is 0 Å². The molecule has 2 aromatic rings. The lowest BCUT2D eigenvalue weighted by atomic mass is 10.1. The summed E-state index contributed by atoms with van der Waals surface area (Å²) in [5.41, 5.74) is 4.91. The van der Waals surface area contributed by atoms with Crippen molar-refractivity contribution in [3.63, 3.8) is 0 Å². The Hall–Kier alpha value is -0.990. The Morgan fingerprint density at radius 1 is 1.11 bits per heavy atom. The molecular weight excluding hydrogens is 310 g/mol. The number of hydrogen-bond donors (Lipinski definition) is 1.